The second-order valence-corrected chi connectivity index (χ2v) is 12.7. The number of aryl methyl sites for hydroxylation is 1. The zero-order valence-corrected chi connectivity index (χ0v) is 24.8. The minimum absolute atomic E-state index is 0.120. The number of aromatic nitrogens is 3. The van der Waals surface area contributed by atoms with Gasteiger partial charge in [0.1, 0.15) is 11.3 Å². The van der Waals surface area contributed by atoms with Crippen LogP contribution in [0.5, 0.6) is 5.75 Å². The Morgan fingerprint density at radius 3 is 2.81 bits per heavy atom. The van der Waals surface area contributed by atoms with Gasteiger partial charge < -0.3 is 23.4 Å². The molecule has 1 saturated carbocycles. The molecule has 8 atom stereocenters. The van der Waals surface area contributed by atoms with Crippen LogP contribution in [-0.4, -0.2) is 45.6 Å². The Balaban J connectivity index is 0.967. The zero-order chi connectivity index (χ0) is 29.2. The minimum atomic E-state index is -0.804. The Morgan fingerprint density at radius 2 is 1.95 bits per heavy atom. The third-order valence-corrected chi connectivity index (χ3v) is 10.1. The van der Waals surface area contributed by atoms with E-state index in [1.165, 1.54) is 0 Å². The molecule has 5 fully saturated rings. The van der Waals surface area contributed by atoms with Crippen LogP contribution in [0, 0.1) is 37.5 Å². The van der Waals surface area contributed by atoms with Crippen molar-refractivity contribution >= 4 is 11.0 Å². The van der Waals surface area contributed by atoms with Crippen LogP contribution in [0.1, 0.15) is 63.3 Å². The van der Waals surface area contributed by atoms with E-state index < -0.39 is 24.0 Å². The molecular weight excluding hydrogens is 542 g/mol. The first-order chi connectivity index (χ1) is 20.2. The molecule has 5 aliphatic rings. The van der Waals surface area contributed by atoms with Crippen LogP contribution in [0.15, 0.2) is 33.6 Å². The highest BCUT2D eigenvalue weighted by Crippen LogP contribution is 2.60. The van der Waals surface area contributed by atoms with Gasteiger partial charge in [0.25, 0.3) is 0 Å². The molecule has 2 aromatic heterocycles. The molecule has 0 N–H and O–H groups in total. The third kappa shape index (κ3) is 4.57. The number of hydrogen-bond donors (Lipinski definition) is 0. The average molecular weight is 582 g/mol. The molecule has 42 heavy (non-hydrogen) atoms. The van der Waals surface area contributed by atoms with Gasteiger partial charge in [-0.3, -0.25) is 0 Å². The molecule has 11 heteroatoms. The molecule has 0 amide bonds. The van der Waals surface area contributed by atoms with Crippen molar-refractivity contribution in [2.24, 2.45) is 23.7 Å². The maximum atomic E-state index is 12.1. The molecule has 2 bridgehead atoms. The highest BCUT2D eigenvalue weighted by Gasteiger charge is 2.69. The summed E-state index contributed by atoms with van der Waals surface area (Å²) in [5.74, 6) is 0.960. The van der Waals surface area contributed by atoms with Gasteiger partial charge in [0.15, 0.2) is 24.9 Å². The van der Waals surface area contributed by atoms with Crippen LogP contribution >= 0.6 is 0 Å². The van der Waals surface area contributed by atoms with E-state index in [1.54, 1.807) is 17.7 Å². The summed E-state index contributed by atoms with van der Waals surface area (Å²) in [6.45, 7) is 10.7. The highest BCUT2D eigenvalue weighted by molar-refractivity contribution is 5.82. The van der Waals surface area contributed by atoms with E-state index in [9.17, 15) is 4.79 Å². The van der Waals surface area contributed by atoms with Gasteiger partial charge in [-0.15, -0.1) is 5.10 Å². The summed E-state index contributed by atoms with van der Waals surface area (Å²) in [6.07, 6.45) is 5.44. The molecule has 4 saturated heterocycles. The summed E-state index contributed by atoms with van der Waals surface area (Å²) in [5, 5.41) is 9.36. The van der Waals surface area contributed by atoms with Crippen LogP contribution in [0.4, 0.5) is 0 Å². The van der Waals surface area contributed by atoms with Crippen molar-refractivity contribution in [3.8, 4) is 5.75 Å². The van der Waals surface area contributed by atoms with E-state index in [1.807, 2.05) is 32.2 Å². The fraction of sp³-hybridized carbons (Fsp3) is 0.645. The van der Waals surface area contributed by atoms with Gasteiger partial charge in [0.2, 0.25) is 5.79 Å². The van der Waals surface area contributed by atoms with Crippen LogP contribution in [0.25, 0.3) is 11.0 Å². The van der Waals surface area contributed by atoms with Crippen molar-refractivity contribution in [2.75, 3.05) is 6.61 Å². The molecule has 226 valence electrons. The van der Waals surface area contributed by atoms with Gasteiger partial charge in [-0.25, -0.2) is 19.3 Å². The van der Waals surface area contributed by atoms with Gasteiger partial charge in [-0.2, -0.15) is 0 Å². The number of ether oxygens (including phenoxy) is 4. The summed E-state index contributed by atoms with van der Waals surface area (Å²) in [5.41, 5.74) is 1.88. The molecule has 11 nitrogen and oxygen atoms in total. The molecule has 1 aromatic carbocycles. The number of rotatable bonds is 7. The van der Waals surface area contributed by atoms with E-state index in [0.717, 1.165) is 42.3 Å². The highest BCUT2D eigenvalue weighted by atomic mass is 17.3. The van der Waals surface area contributed by atoms with Crippen LogP contribution < -0.4 is 10.4 Å². The first-order valence-electron chi connectivity index (χ1n) is 15.0. The predicted molar refractivity (Wildman–Crippen MR) is 149 cm³/mol. The van der Waals surface area contributed by atoms with E-state index >= 15 is 0 Å². The Hall–Kier alpha value is -2.83. The first-order valence-corrected chi connectivity index (χ1v) is 15.0. The summed E-state index contributed by atoms with van der Waals surface area (Å²) < 4.78 is 32.2. The van der Waals surface area contributed by atoms with Gasteiger partial charge in [0.05, 0.1) is 18.5 Å². The molecule has 0 radical (unpaired) electrons. The van der Waals surface area contributed by atoms with Crippen LogP contribution in [0.3, 0.4) is 0 Å². The lowest BCUT2D eigenvalue weighted by molar-refractivity contribution is -0.577. The minimum Gasteiger partial charge on any atom is -0.471 e. The van der Waals surface area contributed by atoms with Crippen molar-refractivity contribution in [1.82, 2.24) is 15.0 Å². The number of benzene rings is 1. The average Bonchev–Trinajstić information content (AvgIpc) is 3.30. The van der Waals surface area contributed by atoms with Gasteiger partial charge in [-0.1, -0.05) is 19.1 Å². The van der Waals surface area contributed by atoms with Crippen molar-refractivity contribution in [1.29, 1.82) is 0 Å². The summed E-state index contributed by atoms with van der Waals surface area (Å²) >= 11 is 0. The predicted octanol–water partition coefficient (Wildman–Crippen LogP) is 4.80. The standard InChI is InChI=1S/C31H39N3O8/c1-17-6-9-25-20(4)28(39-29-31(25)24(17)10-12-30(5,40-29)41-42-31)36-13-11-21-15-34(33-32-21)16-37-22-7-8-23-18(2)19(3)27(35)38-26(23)14-22/h7-8,14-15,17,20,24-25,28-29H,6,9-13,16H2,1-5H3/t17-,20-,24+,25+,28+,29-,30-,31-/m1/s1. The normalized spacial score (nSPS) is 35.6. The summed E-state index contributed by atoms with van der Waals surface area (Å²) in [4.78, 5) is 24.2. The van der Waals surface area contributed by atoms with E-state index in [4.69, 9.17) is 33.1 Å². The lowest BCUT2D eigenvalue weighted by Gasteiger charge is -2.60. The second-order valence-electron chi connectivity index (χ2n) is 12.7. The van der Waals surface area contributed by atoms with Gasteiger partial charge >= 0.3 is 5.63 Å². The third-order valence-electron chi connectivity index (χ3n) is 10.1. The van der Waals surface area contributed by atoms with Gasteiger partial charge in [-0.05, 0) is 69.6 Å². The van der Waals surface area contributed by atoms with Crippen molar-refractivity contribution in [3.05, 3.63) is 51.6 Å². The molecule has 6 heterocycles. The van der Waals surface area contributed by atoms with E-state index in [2.05, 4.69) is 24.2 Å². The monoisotopic (exact) mass is 581 g/mol. The van der Waals surface area contributed by atoms with Crippen molar-refractivity contribution in [2.45, 2.75) is 97.4 Å². The number of hydrogen-bond acceptors (Lipinski definition) is 10. The lowest BCUT2D eigenvalue weighted by atomic mass is 9.58. The van der Waals surface area contributed by atoms with Crippen molar-refractivity contribution in [3.63, 3.8) is 0 Å². The zero-order valence-electron chi connectivity index (χ0n) is 24.8. The Bertz CT molecular complexity index is 1540. The Morgan fingerprint density at radius 1 is 1.10 bits per heavy atom. The SMILES string of the molecule is Cc1c(C)c2ccc(OCn3cc(CCO[C@H]4O[C@@H]5O[C@@]6(C)CC[C@H]7[C@H](C)CC[C@@H]([C@H]4C)[C@@]57OO6)nn3)cc2oc1=O. The van der Waals surface area contributed by atoms with E-state index in [-0.39, 0.29) is 24.2 Å². The number of nitrogens with zero attached hydrogens (tertiary/aromatic N) is 3. The van der Waals surface area contributed by atoms with Gasteiger partial charge in [0, 0.05) is 41.7 Å². The van der Waals surface area contributed by atoms with E-state index in [0.29, 0.717) is 41.8 Å². The molecule has 4 aliphatic heterocycles. The molecule has 1 spiro atoms. The topological polar surface area (TPSA) is 116 Å². The van der Waals surface area contributed by atoms with Crippen molar-refractivity contribution < 1.29 is 33.1 Å². The lowest BCUT2D eigenvalue weighted by Crippen LogP contribution is -2.70. The molecule has 1 aliphatic carbocycles. The smallest absolute Gasteiger partial charge is 0.339 e. The fourth-order valence-electron chi connectivity index (χ4n) is 7.52. The molecule has 0 unspecified atom stereocenters. The van der Waals surface area contributed by atoms with Crippen LogP contribution in [0.2, 0.25) is 0 Å². The molecule has 8 rings (SSSR count). The second kappa shape index (κ2) is 10.4. The fourth-order valence-corrected chi connectivity index (χ4v) is 7.52. The maximum Gasteiger partial charge on any atom is 0.339 e. The first kappa shape index (κ1) is 28.0. The molecule has 3 aromatic rings. The van der Waals surface area contributed by atoms with Crippen LogP contribution in [-0.2, 0) is 37.1 Å². The largest absolute Gasteiger partial charge is 0.471 e. The maximum absolute atomic E-state index is 12.1. The summed E-state index contributed by atoms with van der Waals surface area (Å²) in [6, 6.07) is 5.47. The Kier molecular flexibility index (Phi) is 6.93. The summed E-state index contributed by atoms with van der Waals surface area (Å²) in [7, 11) is 0. The number of fused-ring (bicyclic) bond motifs is 3. The Labute approximate surface area is 244 Å². The molecular formula is C31H39N3O8. The quantitative estimate of drug-likeness (QED) is 0.284.